The van der Waals surface area contributed by atoms with Gasteiger partial charge in [-0.05, 0) is 0 Å². The molecular formula is H3CsKLiO3. The van der Waals surface area contributed by atoms with Crippen LogP contribution in [-0.2, 0) is 0 Å². The Hall–Kier alpha value is 4.17. The van der Waals surface area contributed by atoms with Gasteiger partial charge >= 0.3 is 139 Å². The molecule has 0 fully saturated rings. The zero-order chi connectivity index (χ0) is 0. The van der Waals surface area contributed by atoms with E-state index in [1.807, 2.05) is 0 Å². The first-order chi connectivity index (χ1) is 0. The van der Waals surface area contributed by atoms with Crippen LogP contribution in [-0.4, -0.2) is 16.4 Å². The molecule has 0 heterocycles. The Morgan fingerprint density at radius 2 is 0.667 bits per heavy atom. The van der Waals surface area contributed by atoms with Gasteiger partial charge in [-0.25, -0.2) is 0 Å². The van der Waals surface area contributed by atoms with Crippen LogP contribution in [0, 0.1) is 0 Å². The molecule has 0 saturated carbocycles. The van der Waals surface area contributed by atoms with Crippen LogP contribution in [0.25, 0.3) is 0 Å². The van der Waals surface area contributed by atoms with Crippen LogP contribution >= 0.6 is 0 Å². The van der Waals surface area contributed by atoms with Crippen molar-refractivity contribution in [3.05, 3.63) is 0 Å². The summed E-state index contributed by atoms with van der Waals surface area (Å²) in [5, 5.41) is 0. The number of hydrogen-bond acceptors (Lipinski definition) is 3. The Kier molecular flexibility index (Phi) is 289. The Morgan fingerprint density at radius 1 is 0.667 bits per heavy atom. The van der Waals surface area contributed by atoms with E-state index in [9.17, 15) is 0 Å². The van der Waals surface area contributed by atoms with Crippen LogP contribution in [0.4, 0.5) is 0 Å². The van der Waals surface area contributed by atoms with Gasteiger partial charge in [0.15, 0.2) is 0 Å². The summed E-state index contributed by atoms with van der Waals surface area (Å²) >= 11 is 0. The molecule has 3 N–H and O–H groups in total. The van der Waals surface area contributed by atoms with Gasteiger partial charge in [0.1, 0.15) is 0 Å². The molecule has 6 heavy (non-hydrogen) atoms. The standard InChI is InChI=1S/Cs.K.Li.3H2O/h;;;3*1H2/q3*+1;;;/p-3. The second-order valence-corrected chi connectivity index (χ2v) is 0. The maximum absolute atomic E-state index is 0. The fourth-order valence-corrected chi connectivity index (χ4v) is 0. The van der Waals surface area contributed by atoms with E-state index in [1.165, 1.54) is 0 Å². The van der Waals surface area contributed by atoms with Crippen LogP contribution in [0.5, 0.6) is 0 Å². The minimum absolute atomic E-state index is 0. The quantitative estimate of drug-likeness (QED) is 0.387. The van der Waals surface area contributed by atoms with Gasteiger partial charge in [0, 0.05) is 0 Å². The molecule has 0 radical (unpaired) electrons. The van der Waals surface area contributed by atoms with E-state index in [1.54, 1.807) is 0 Å². The third-order valence-electron chi connectivity index (χ3n) is 0. The molecule has 0 atom stereocenters. The zero-order valence-electron chi connectivity index (χ0n) is 4.34. The smallest absolute Gasteiger partial charge is 0.870 e. The average Bonchev–Trinajstić information content (AvgIpc) is 0. The Balaban J connectivity index is 0. The summed E-state index contributed by atoms with van der Waals surface area (Å²) < 4.78 is 0. The predicted octanol–water partition coefficient (Wildman–Crippen LogP) is -9.52. The molecular weight excluding hydrogens is 227 g/mol. The number of hydrogen-bond donors (Lipinski definition) is 0. The normalized spacial score (nSPS) is 0. The largest absolute Gasteiger partial charge is 1.00 e. The van der Waals surface area contributed by atoms with Crippen LogP contribution in [0.3, 0.4) is 0 Å². The van der Waals surface area contributed by atoms with Gasteiger partial charge < -0.3 is 16.4 Å². The average molecular weight is 230 g/mol. The van der Waals surface area contributed by atoms with Gasteiger partial charge in [-0.2, -0.15) is 0 Å². The van der Waals surface area contributed by atoms with E-state index in [0.29, 0.717) is 0 Å². The molecule has 24 valence electrons. The van der Waals surface area contributed by atoms with Crippen molar-refractivity contribution in [1.82, 2.24) is 0 Å². The second kappa shape index (κ2) is 35.2. The molecule has 0 aromatic carbocycles. The van der Waals surface area contributed by atoms with Gasteiger partial charge in [0.05, 0.1) is 0 Å². The minimum atomic E-state index is 0. The first-order valence-electron chi connectivity index (χ1n) is 0. The van der Waals surface area contributed by atoms with E-state index < -0.39 is 0 Å². The SMILES string of the molecule is [Cs+].[K+].[Li+].[OH-].[OH-].[OH-]. The second-order valence-electron chi connectivity index (χ2n) is 0. The van der Waals surface area contributed by atoms with Crippen LogP contribution in [0.15, 0.2) is 0 Å². The van der Waals surface area contributed by atoms with Crippen LogP contribution in [0.1, 0.15) is 0 Å². The molecule has 3 nitrogen and oxygen atoms in total. The van der Waals surface area contributed by atoms with Crippen molar-refractivity contribution in [3.63, 3.8) is 0 Å². The van der Waals surface area contributed by atoms with Crippen molar-refractivity contribution in [2.75, 3.05) is 0 Å². The summed E-state index contributed by atoms with van der Waals surface area (Å²) in [4.78, 5) is 0. The summed E-state index contributed by atoms with van der Waals surface area (Å²) in [5.74, 6) is 0. The monoisotopic (exact) mass is 230 g/mol. The van der Waals surface area contributed by atoms with Gasteiger partial charge in [-0.3, -0.25) is 0 Å². The third-order valence-corrected chi connectivity index (χ3v) is 0. The third kappa shape index (κ3) is 24.2. The molecule has 0 aliphatic rings. The molecule has 0 aromatic heterocycles. The first-order valence-corrected chi connectivity index (χ1v) is 0. The predicted molar refractivity (Wildman–Crippen MR) is 5.81 cm³/mol. The molecule has 0 spiro atoms. The van der Waals surface area contributed by atoms with Gasteiger partial charge in [0.25, 0.3) is 0 Å². The zero-order valence-corrected chi connectivity index (χ0v) is 13.7. The van der Waals surface area contributed by atoms with Crippen molar-refractivity contribution >= 4 is 0 Å². The molecule has 0 amide bonds. The molecule has 0 rings (SSSR count). The molecule has 0 saturated heterocycles. The fourth-order valence-electron chi connectivity index (χ4n) is 0. The topological polar surface area (TPSA) is 90.0 Å². The summed E-state index contributed by atoms with van der Waals surface area (Å²) in [6, 6.07) is 0. The van der Waals surface area contributed by atoms with Crippen molar-refractivity contribution in [1.29, 1.82) is 0 Å². The molecule has 0 bridgehead atoms. The van der Waals surface area contributed by atoms with Crippen molar-refractivity contribution in [2.45, 2.75) is 0 Å². The van der Waals surface area contributed by atoms with Gasteiger partial charge in [0.2, 0.25) is 0 Å². The van der Waals surface area contributed by atoms with E-state index in [-0.39, 0.29) is 156 Å². The van der Waals surface area contributed by atoms with Crippen molar-refractivity contribution < 1.29 is 156 Å². The maximum Gasteiger partial charge on any atom is 1.00 e. The van der Waals surface area contributed by atoms with Gasteiger partial charge in [-0.1, -0.05) is 0 Å². The minimum Gasteiger partial charge on any atom is -0.870 e. The summed E-state index contributed by atoms with van der Waals surface area (Å²) in [6.07, 6.45) is 0. The molecule has 0 aliphatic heterocycles. The molecule has 0 aromatic rings. The summed E-state index contributed by atoms with van der Waals surface area (Å²) in [7, 11) is 0. The van der Waals surface area contributed by atoms with Crippen LogP contribution < -0.4 is 139 Å². The first kappa shape index (κ1) is 49.2. The summed E-state index contributed by atoms with van der Waals surface area (Å²) in [5.41, 5.74) is 0. The van der Waals surface area contributed by atoms with E-state index in [2.05, 4.69) is 0 Å². The van der Waals surface area contributed by atoms with Gasteiger partial charge in [-0.15, -0.1) is 0 Å². The van der Waals surface area contributed by atoms with E-state index in [0.717, 1.165) is 0 Å². The maximum atomic E-state index is 0. The van der Waals surface area contributed by atoms with Crippen LogP contribution in [0.2, 0.25) is 0 Å². The fraction of sp³-hybridized carbons (Fsp3) is 0. The van der Waals surface area contributed by atoms with Crippen molar-refractivity contribution in [2.24, 2.45) is 0 Å². The number of rotatable bonds is 0. The Bertz CT molecular complexity index is 10.8. The summed E-state index contributed by atoms with van der Waals surface area (Å²) in [6.45, 7) is 0. The molecule has 6 heteroatoms. The van der Waals surface area contributed by atoms with Crippen molar-refractivity contribution in [3.8, 4) is 0 Å². The Morgan fingerprint density at radius 3 is 0.667 bits per heavy atom. The molecule has 0 unspecified atom stereocenters. The van der Waals surface area contributed by atoms with E-state index >= 15 is 0 Å². The molecule has 0 aliphatic carbocycles. The van der Waals surface area contributed by atoms with E-state index in [4.69, 9.17) is 0 Å². The Labute approximate surface area is 150 Å².